The minimum Gasteiger partial charge on any atom is -0.374 e. The van der Waals surface area contributed by atoms with Crippen LogP contribution in [0.1, 0.15) is 47.0 Å². The number of para-hydroxylation sites is 1. The fourth-order valence-electron chi connectivity index (χ4n) is 3.61. The predicted octanol–water partition coefficient (Wildman–Crippen LogP) is 4.04. The van der Waals surface area contributed by atoms with Crippen LogP contribution in [0.15, 0.2) is 35.4 Å². The normalized spacial score (nSPS) is 29.5. The van der Waals surface area contributed by atoms with Gasteiger partial charge in [-0.05, 0) is 46.2 Å². The van der Waals surface area contributed by atoms with Crippen molar-refractivity contribution in [2.24, 2.45) is 16.9 Å². The van der Waals surface area contributed by atoms with Crippen LogP contribution in [0.2, 0.25) is 0 Å². The Morgan fingerprint density at radius 3 is 2.27 bits per heavy atom. The molecule has 1 aromatic rings. The second-order valence-electron chi connectivity index (χ2n) is 8.67. The molecule has 0 aromatic heterocycles. The van der Waals surface area contributed by atoms with Crippen molar-refractivity contribution in [3.05, 3.63) is 30.3 Å². The number of ketones is 1. The number of hydrogen-bond acceptors (Lipinski definition) is 5. The van der Waals surface area contributed by atoms with Crippen molar-refractivity contribution in [1.82, 2.24) is 0 Å². The number of benzene rings is 1. The van der Waals surface area contributed by atoms with Gasteiger partial charge in [0, 0.05) is 30.4 Å². The second-order valence-corrected chi connectivity index (χ2v) is 8.67. The van der Waals surface area contributed by atoms with Gasteiger partial charge in [0.2, 0.25) is 0 Å². The standard InChI is InChI=1S/C21H30N2O3/c1-20(2)11-18(23-22-17-8-6-5-7-9-17)15(13-25-20)10-16-14-26-21(3,4)12-19(16)24/h5-9,15-16,22H,10-14H2,1-4H3/b23-18+. The van der Waals surface area contributed by atoms with E-state index in [9.17, 15) is 4.79 Å². The van der Waals surface area contributed by atoms with Crippen LogP contribution >= 0.6 is 0 Å². The summed E-state index contributed by atoms with van der Waals surface area (Å²) in [4.78, 5) is 12.5. The third kappa shape index (κ3) is 4.92. The van der Waals surface area contributed by atoms with Crippen LogP contribution in [-0.4, -0.2) is 35.9 Å². The molecule has 142 valence electrons. The largest absolute Gasteiger partial charge is 0.374 e. The van der Waals surface area contributed by atoms with Crippen molar-refractivity contribution in [3.63, 3.8) is 0 Å². The summed E-state index contributed by atoms with van der Waals surface area (Å²) in [6.45, 7) is 9.20. The molecule has 0 radical (unpaired) electrons. The quantitative estimate of drug-likeness (QED) is 0.825. The number of carbonyl (C=O) groups excluding carboxylic acids is 1. The molecule has 2 unspecified atom stereocenters. The fourth-order valence-corrected chi connectivity index (χ4v) is 3.61. The third-order valence-electron chi connectivity index (χ3n) is 5.16. The average Bonchev–Trinajstić information content (AvgIpc) is 2.57. The topological polar surface area (TPSA) is 59.9 Å². The number of ether oxygens (including phenoxy) is 2. The van der Waals surface area contributed by atoms with E-state index in [0.29, 0.717) is 25.4 Å². The van der Waals surface area contributed by atoms with Gasteiger partial charge in [-0.25, -0.2) is 0 Å². The highest BCUT2D eigenvalue weighted by atomic mass is 16.5. The molecule has 1 N–H and O–H groups in total. The molecule has 0 aliphatic carbocycles. The third-order valence-corrected chi connectivity index (χ3v) is 5.16. The summed E-state index contributed by atoms with van der Waals surface area (Å²) in [5.74, 6) is 0.360. The Balaban J connectivity index is 1.70. The number of nitrogens with zero attached hydrogens (tertiary/aromatic N) is 1. The van der Waals surface area contributed by atoms with E-state index < -0.39 is 0 Å². The molecule has 2 aliphatic rings. The summed E-state index contributed by atoms with van der Waals surface area (Å²) in [6, 6.07) is 9.92. The van der Waals surface area contributed by atoms with Gasteiger partial charge in [-0.2, -0.15) is 5.10 Å². The van der Waals surface area contributed by atoms with Gasteiger partial charge in [-0.3, -0.25) is 10.2 Å². The van der Waals surface area contributed by atoms with Crippen molar-refractivity contribution in [2.45, 2.75) is 58.2 Å². The highest BCUT2D eigenvalue weighted by Gasteiger charge is 2.39. The molecule has 2 atom stereocenters. The van der Waals surface area contributed by atoms with E-state index in [1.54, 1.807) is 0 Å². The van der Waals surface area contributed by atoms with Crippen LogP contribution in [0.5, 0.6) is 0 Å². The van der Waals surface area contributed by atoms with Crippen LogP contribution < -0.4 is 5.43 Å². The van der Waals surface area contributed by atoms with Gasteiger partial charge in [0.05, 0.1) is 30.1 Å². The Kier molecular flexibility index (Phi) is 5.49. The lowest BCUT2D eigenvalue weighted by Gasteiger charge is -2.39. The number of hydrogen-bond donors (Lipinski definition) is 1. The summed E-state index contributed by atoms with van der Waals surface area (Å²) >= 11 is 0. The smallest absolute Gasteiger partial charge is 0.141 e. The number of rotatable bonds is 4. The number of anilines is 1. The lowest BCUT2D eigenvalue weighted by Crippen LogP contribution is -2.45. The molecule has 2 fully saturated rings. The van der Waals surface area contributed by atoms with E-state index in [4.69, 9.17) is 9.47 Å². The van der Waals surface area contributed by atoms with Gasteiger partial charge in [-0.15, -0.1) is 0 Å². The highest BCUT2D eigenvalue weighted by molar-refractivity contribution is 5.90. The lowest BCUT2D eigenvalue weighted by molar-refractivity contribution is -0.146. The van der Waals surface area contributed by atoms with Gasteiger partial charge in [-0.1, -0.05) is 18.2 Å². The Morgan fingerprint density at radius 1 is 1.00 bits per heavy atom. The lowest BCUT2D eigenvalue weighted by atomic mass is 9.80. The Labute approximate surface area is 156 Å². The van der Waals surface area contributed by atoms with Crippen LogP contribution in [0.25, 0.3) is 0 Å². The zero-order valence-electron chi connectivity index (χ0n) is 16.2. The molecule has 0 saturated carbocycles. The molecular formula is C21H30N2O3. The van der Waals surface area contributed by atoms with Crippen molar-refractivity contribution >= 4 is 17.2 Å². The Hall–Kier alpha value is -1.72. The minimum atomic E-state index is -0.343. The van der Waals surface area contributed by atoms with Crippen molar-refractivity contribution in [3.8, 4) is 0 Å². The van der Waals surface area contributed by atoms with E-state index in [1.807, 2.05) is 44.2 Å². The number of carbonyl (C=O) groups is 1. The zero-order chi connectivity index (χ0) is 18.8. The first-order chi connectivity index (χ1) is 12.2. The van der Waals surface area contributed by atoms with Crippen LogP contribution in [0.4, 0.5) is 5.69 Å². The molecule has 2 heterocycles. The zero-order valence-corrected chi connectivity index (χ0v) is 16.2. The first-order valence-electron chi connectivity index (χ1n) is 9.42. The van der Waals surface area contributed by atoms with E-state index in [0.717, 1.165) is 24.2 Å². The maximum atomic E-state index is 12.5. The molecule has 2 saturated heterocycles. The Bertz CT molecular complexity index is 667. The molecule has 26 heavy (non-hydrogen) atoms. The van der Waals surface area contributed by atoms with Crippen LogP contribution in [0.3, 0.4) is 0 Å². The molecule has 5 nitrogen and oxygen atoms in total. The molecule has 1 aromatic carbocycles. The summed E-state index contributed by atoms with van der Waals surface area (Å²) < 4.78 is 11.9. The molecule has 5 heteroatoms. The van der Waals surface area contributed by atoms with Crippen LogP contribution in [0, 0.1) is 11.8 Å². The fraction of sp³-hybridized carbons (Fsp3) is 0.619. The number of nitrogens with one attached hydrogen (secondary N) is 1. The van der Waals surface area contributed by atoms with E-state index in [-0.39, 0.29) is 23.0 Å². The summed E-state index contributed by atoms with van der Waals surface area (Å²) in [6.07, 6.45) is 1.97. The molecule has 3 rings (SSSR count). The van der Waals surface area contributed by atoms with Crippen LogP contribution in [-0.2, 0) is 14.3 Å². The predicted molar refractivity (Wildman–Crippen MR) is 103 cm³/mol. The van der Waals surface area contributed by atoms with E-state index in [2.05, 4.69) is 24.4 Å². The van der Waals surface area contributed by atoms with Gasteiger partial charge in [0.1, 0.15) is 5.78 Å². The molecule has 0 spiro atoms. The van der Waals surface area contributed by atoms with E-state index in [1.165, 1.54) is 0 Å². The molecular weight excluding hydrogens is 328 g/mol. The maximum Gasteiger partial charge on any atom is 0.141 e. The maximum absolute atomic E-state index is 12.5. The monoisotopic (exact) mass is 358 g/mol. The summed E-state index contributed by atoms with van der Waals surface area (Å²) in [5.41, 5.74) is 4.62. The van der Waals surface area contributed by atoms with Crippen molar-refractivity contribution in [1.29, 1.82) is 0 Å². The first kappa shape index (κ1) is 19.1. The van der Waals surface area contributed by atoms with Crippen molar-refractivity contribution < 1.29 is 14.3 Å². The van der Waals surface area contributed by atoms with Gasteiger partial charge < -0.3 is 9.47 Å². The number of Topliss-reactive ketones (excluding diaryl/α,β-unsaturated/α-hetero) is 1. The number of hydrazone groups is 1. The molecule has 0 amide bonds. The summed E-state index contributed by atoms with van der Waals surface area (Å²) in [7, 11) is 0. The van der Waals surface area contributed by atoms with Gasteiger partial charge >= 0.3 is 0 Å². The average molecular weight is 358 g/mol. The highest BCUT2D eigenvalue weighted by Crippen LogP contribution is 2.33. The van der Waals surface area contributed by atoms with E-state index >= 15 is 0 Å². The van der Waals surface area contributed by atoms with Crippen molar-refractivity contribution in [2.75, 3.05) is 18.6 Å². The summed E-state index contributed by atoms with van der Waals surface area (Å²) in [5, 5.41) is 4.68. The minimum absolute atomic E-state index is 0.0697. The SMILES string of the molecule is CC1(C)CC(=O)C(CC2COC(C)(C)C/C2=N\Nc2ccccc2)CO1. The molecule has 0 bridgehead atoms. The Morgan fingerprint density at radius 2 is 1.62 bits per heavy atom. The van der Waals surface area contributed by atoms with Gasteiger partial charge in [0.15, 0.2) is 0 Å². The van der Waals surface area contributed by atoms with Gasteiger partial charge in [0.25, 0.3) is 0 Å². The molecule has 2 aliphatic heterocycles. The second kappa shape index (κ2) is 7.49. The first-order valence-corrected chi connectivity index (χ1v) is 9.42.